The zero-order valence-electron chi connectivity index (χ0n) is 9.19. The van der Waals surface area contributed by atoms with E-state index >= 15 is 0 Å². The number of aromatic hydroxyl groups is 1. The smallest absolute Gasteiger partial charge is 0.342 e. The summed E-state index contributed by atoms with van der Waals surface area (Å²) < 4.78 is 11.4. The topological polar surface area (TPSA) is 55.8 Å². The first kappa shape index (κ1) is 12.6. The quantitative estimate of drug-likeness (QED) is 0.673. The van der Waals surface area contributed by atoms with Crippen molar-refractivity contribution in [2.24, 2.45) is 0 Å². The number of rotatable bonds is 3. The largest absolute Gasteiger partial charge is 0.507 e. The molecular weight excluding hydrogens is 335 g/mol. The second-order valence-electron chi connectivity index (χ2n) is 3.89. The van der Waals surface area contributed by atoms with Crippen LogP contribution in [0.2, 0.25) is 0 Å². The number of halogens is 1. The highest BCUT2D eigenvalue weighted by Crippen LogP contribution is 2.21. The van der Waals surface area contributed by atoms with Gasteiger partial charge in [0.05, 0.1) is 6.10 Å². The van der Waals surface area contributed by atoms with Crippen molar-refractivity contribution in [3.05, 3.63) is 27.3 Å². The Morgan fingerprint density at radius 2 is 2.41 bits per heavy atom. The number of benzene rings is 1. The van der Waals surface area contributed by atoms with Gasteiger partial charge in [-0.15, -0.1) is 0 Å². The number of carbonyl (C=O) groups excluding carboxylic acids is 1. The van der Waals surface area contributed by atoms with Gasteiger partial charge in [-0.3, -0.25) is 0 Å². The van der Waals surface area contributed by atoms with E-state index < -0.39 is 5.97 Å². The number of esters is 1. The highest BCUT2D eigenvalue weighted by Gasteiger charge is 2.19. The molecule has 0 unspecified atom stereocenters. The molecular formula is C12H13IO4. The van der Waals surface area contributed by atoms with Crippen molar-refractivity contribution in [2.45, 2.75) is 18.9 Å². The first-order chi connectivity index (χ1) is 8.16. The van der Waals surface area contributed by atoms with Crippen LogP contribution in [0.5, 0.6) is 5.75 Å². The Morgan fingerprint density at radius 3 is 3.12 bits per heavy atom. The predicted molar refractivity (Wildman–Crippen MR) is 70.1 cm³/mol. The fraction of sp³-hybridized carbons (Fsp3) is 0.417. The van der Waals surface area contributed by atoms with Crippen LogP contribution in [0.15, 0.2) is 18.2 Å². The maximum absolute atomic E-state index is 11.7. The zero-order valence-corrected chi connectivity index (χ0v) is 11.3. The van der Waals surface area contributed by atoms with E-state index in [0.717, 1.165) is 23.0 Å². The summed E-state index contributed by atoms with van der Waals surface area (Å²) in [4.78, 5) is 11.7. The Labute approximate surface area is 113 Å². The standard InChI is InChI=1S/C12H13IO4/c13-8-3-4-11(14)10(6-8)12(15)17-7-9-2-1-5-16-9/h3-4,6,9,14H,1-2,5,7H2/t9-/m0/s1. The van der Waals surface area contributed by atoms with Crippen LogP contribution in [0.4, 0.5) is 0 Å². The molecule has 0 saturated carbocycles. The second-order valence-corrected chi connectivity index (χ2v) is 5.14. The van der Waals surface area contributed by atoms with E-state index in [4.69, 9.17) is 9.47 Å². The lowest BCUT2D eigenvalue weighted by Crippen LogP contribution is -2.18. The monoisotopic (exact) mass is 348 g/mol. The van der Waals surface area contributed by atoms with E-state index in [9.17, 15) is 9.90 Å². The van der Waals surface area contributed by atoms with E-state index in [1.165, 1.54) is 6.07 Å². The molecule has 0 aliphatic carbocycles. The molecule has 0 bridgehead atoms. The maximum atomic E-state index is 11.7. The first-order valence-electron chi connectivity index (χ1n) is 5.44. The summed E-state index contributed by atoms with van der Waals surface area (Å²) in [7, 11) is 0. The number of hydrogen-bond acceptors (Lipinski definition) is 4. The summed E-state index contributed by atoms with van der Waals surface area (Å²) in [6, 6.07) is 4.82. The third-order valence-corrected chi connectivity index (χ3v) is 3.27. The number of carbonyl (C=O) groups is 1. The maximum Gasteiger partial charge on any atom is 0.342 e. The van der Waals surface area contributed by atoms with E-state index in [0.29, 0.717) is 0 Å². The molecule has 1 aliphatic heterocycles. The van der Waals surface area contributed by atoms with Gasteiger partial charge in [-0.05, 0) is 53.6 Å². The van der Waals surface area contributed by atoms with Gasteiger partial charge in [0, 0.05) is 10.2 Å². The summed E-state index contributed by atoms with van der Waals surface area (Å²) >= 11 is 2.08. The fourth-order valence-electron chi connectivity index (χ4n) is 1.69. The van der Waals surface area contributed by atoms with Crippen molar-refractivity contribution >= 4 is 28.6 Å². The van der Waals surface area contributed by atoms with Crippen LogP contribution >= 0.6 is 22.6 Å². The van der Waals surface area contributed by atoms with Gasteiger partial charge in [-0.25, -0.2) is 4.79 Å². The molecule has 1 aliphatic rings. The Hall–Kier alpha value is -0.820. The van der Waals surface area contributed by atoms with Gasteiger partial charge in [0.1, 0.15) is 17.9 Å². The minimum absolute atomic E-state index is 0.00359. The molecule has 1 heterocycles. The van der Waals surface area contributed by atoms with E-state index in [2.05, 4.69) is 22.6 Å². The van der Waals surface area contributed by atoms with Crippen molar-refractivity contribution in [1.29, 1.82) is 0 Å². The van der Waals surface area contributed by atoms with Crippen LogP contribution in [-0.2, 0) is 9.47 Å². The third-order valence-electron chi connectivity index (χ3n) is 2.60. The Morgan fingerprint density at radius 1 is 1.59 bits per heavy atom. The van der Waals surface area contributed by atoms with Crippen LogP contribution in [0.3, 0.4) is 0 Å². The number of phenols is 1. The van der Waals surface area contributed by atoms with Crippen molar-refractivity contribution in [2.75, 3.05) is 13.2 Å². The van der Waals surface area contributed by atoms with Crippen LogP contribution in [0.25, 0.3) is 0 Å². The minimum atomic E-state index is -0.503. The van der Waals surface area contributed by atoms with E-state index in [1.54, 1.807) is 12.1 Å². The second kappa shape index (κ2) is 5.68. The molecule has 17 heavy (non-hydrogen) atoms. The van der Waals surface area contributed by atoms with Gasteiger partial charge in [0.2, 0.25) is 0 Å². The van der Waals surface area contributed by atoms with Crippen LogP contribution in [0.1, 0.15) is 23.2 Å². The van der Waals surface area contributed by atoms with Gasteiger partial charge in [0.25, 0.3) is 0 Å². The summed E-state index contributed by atoms with van der Waals surface area (Å²) in [6.45, 7) is 0.987. The summed E-state index contributed by atoms with van der Waals surface area (Å²) in [6.07, 6.45) is 1.94. The molecule has 0 spiro atoms. The molecule has 0 aromatic heterocycles. The molecule has 1 fully saturated rings. The van der Waals surface area contributed by atoms with Crippen molar-refractivity contribution in [3.63, 3.8) is 0 Å². The molecule has 1 aromatic carbocycles. The average Bonchev–Trinajstić information content (AvgIpc) is 2.82. The molecule has 0 amide bonds. The van der Waals surface area contributed by atoms with Gasteiger partial charge in [0.15, 0.2) is 0 Å². The molecule has 1 saturated heterocycles. The molecule has 5 heteroatoms. The number of phenolic OH excluding ortho intramolecular Hbond substituents is 1. The Bertz CT molecular complexity index is 413. The average molecular weight is 348 g/mol. The summed E-state index contributed by atoms with van der Waals surface area (Å²) in [5.74, 6) is -0.556. The lowest BCUT2D eigenvalue weighted by atomic mass is 10.2. The predicted octanol–water partition coefficient (Wildman–Crippen LogP) is 2.33. The van der Waals surface area contributed by atoms with Gasteiger partial charge < -0.3 is 14.6 Å². The fourth-order valence-corrected chi connectivity index (χ4v) is 2.19. The normalized spacial score (nSPS) is 19.2. The SMILES string of the molecule is O=C(OC[C@@H]1CCCO1)c1cc(I)ccc1O. The molecule has 1 aromatic rings. The molecule has 92 valence electrons. The Kier molecular flexibility index (Phi) is 4.22. The molecule has 0 radical (unpaired) electrons. The highest BCUT2D eigenvalue weighted by molar-refractivity contribution is 14.1. The van der Waals surface area contributed by atoms with E-state index in [1.807, 2.05) is 0 Å². The van der Waals surface area contributed by atoms with Gasteiger partial charge in [-0.2, -0.15) is 0 Å². The lowest BCUT2D eigenvalue weighted by molar-refractivity contribution is 0.0159. The van der Waals surface area contributed by atoms with Gasteiger partial charge >= 0.3 is 5.97 Å². The summed E-state index contributed by atoms with van der Waals surface area (Å²) in [5, 5.41) is 9.56. The van der Waals surface area contributed by atoms with Crippen molar-refractivity contribution < 1.29 is 19.4 Å². The van der Waals surface area contributed by atoms with Crippen LogP contribution in [-0.4, -0.2) is 30.4 Å². The summed E-state index contributed by atoms with van der Waals surface area (Å²) in [5.41, 5.74) is 0.204. The molecule has 1 atom stereocenters. The third kappa shape index (κ3) is 3.32. The van der Waals surface area contributed by atoms with Crippen LogP contribution < -0.4 is 0 Å². The van der Waals surface area contributed by atoms with E-state index in [-0.39, 0.29) is 24.0 Å². The molecule has 2 rings (SSSR count). The first-order valence-corrected chi connectivity index (χ1v) is 6.52. The highest BCUT2D eigenvalue weighted by atomic mass is 127. The minimum Gasteiger partial charge on any atom is -0.507 e. The van der Waals surface area contributed by atoms with Crippen molar-refractivity contribution in [1.82, 2.24) is 0 Å². The number of ether oxygens (including phenoxy) is 2. The molecule has 1 N–H and O–H groups in total. The van der Waals surface area contributed by atoms with Crippen LogP contribution in [0, 0.1) is 3.57 Å². The Balaban J connectivity index is 1.96. The molecule has 4 nitrogen and oxygen atoms in total. The lowest BCUT2D eigenvalue weighted by Gasteiger charge is -2.10. The zero-order chi connectivity index (χ0) is 12.3. The van der Waals surface area contributed by atoms with Gasteiger partial charge in [-0.1, -0.05) is 0 Å². The number of hydrogen-bond donors (Lipinski definition) is 1. The van der Waals surface area contributed by atoms with Crippen molar-refractivity contribution in [3.8, 4) is 5.75 Å².